The van der Waals surface area contributed by atoms with Gasteiger partial charge in [0.05, 0.1) is 5.56 Å². The Bertz CT molecular complexity index is 810. The molecular weight excluding hydrogens is 354 g/mol. The summed E-state index contributed by atoms with van der Waals surface area (Å²) in [7, 11) is 1.84. The molecule has 3 rings (SSSR count). The van der Waals surface area contributed by atoms with Crippen LogP contribution in [0.3, 0.4) is 0 Å². The number of likely N-dealkylation sites (N-methyl/N-ethyl adjacent to an activating group) is 1. The summed E-state index contributed by atoms with van der Waals surface area (Å²) >= 11 is 0. The van der Waals surface area contributed by atoms with Gasteiger partial charge in [0, 0.05) is 26.2 Å². The zero-order valence-electron chi connectivity index (χ0n) is 16.2. The van der Waals surface area contributed by atoms with Crippen LogP contribution in [0.2, 0.25) is 0 Å². The van der Waals surface area contributed by atoms with Crippen molar-refractivity contribution in [2.24, 2.45) is 5.73 Å². The smallest absolute Gasteiger partial charge is 0.257 e. The van der Waals surface area contributed by atoms with Gasteiger partial charge in [-0.3, -0.25) is 14.5 Å². The molecule has 148 valence electrons. The molecule has 0 radical (unpaired) electrons. The van der Waals surface area contributed by atoms with E-state index < -0.39 is 5.91 Å². The van der Waals surface area contributed by atoms with Gasteiger partial charge in [0.1, 0.15) is 5.75 Å². The second-order valence-electron chi connectivity index (χ2n) is 7.18. The molecule has 2 aromatic carbocycles. The Morgan fingerprint density at radius 2 is 1.86 bits per heavy atom. The molecule has 28 heavy (non-hydrogen) atoms. The van der Waals surface area contributed by atoms with E-state index in [4.69, 9.17) is 10.5 Å². The highest BCUT2D eigenvalue weighted by molar-refractivity contribution is 5.97. The van der Waals surface area contributed by atoms with E-state index in [0.717, 1.165) is 32.5 Å². The maximum absolute atomic E-state index is 13.1. The number of benzene rings is 2. The standard InChI is InChI=1S/C22H27N3O3/c1-24(22(27)19-11-5-6-12-20(19)28-16-21(23)26)18-10-7-13-25(15-18)14-17-8-3-2-4-9-17/h2-6,8-9,11-12,18H,7,10,13-16H2,1H3,(H2,23,26). The largest absolute Gasteiger partial charge is 0.483 e. The Morgan fingerprint density at radius 1 is 1.14 bits per heavy atom. The summed E-state index contributed by atoms with van der Waals surface area (Å²) in [4.78, 5) is 28.3. The second-order valence-corrected chi connectivity index (χ2v) is 7.18. The fourth-order valence-electron chi connectivity index (χ4n) is 3.61. The Morgan fingerprint density at radius 3 is 2.61 bits per heavy atom. The van der Waals surface area contributed by atoms with Gasteiger partial charge in [-0.2, -0.15) is 0 Å². The number of hydrogen-bond acceptors (Lipinski definition) is 4. The minimum atomic E-state index is -0.570. The topological polar surface area (TPSA) is 75.9 Å². The first-order valence-corrected chi connectivity index (χ1v) is 9.58. The van der Waals surface area contributed by atoms with E-state index in [1.54, 1.807) is 29.2 Å². The molecule has 1 atom stereocenters. The number of primary amides is 1. The van der Waals surface area contributed by atoms with Crippen LogP contribution in [0.15, 0.2) is 54.6 Å². The van der Waals surface area contributed by atoms with Gasteiger partial charge in [0.25, 0.3) is 11.8 Å². The number of hydrogen-bond donors (Lipinski definition) is 1. The summed E-state index contributed by atoms with van der Waals surface area (Å²) in [5.41, 5.74) is 6.89. The molecule has 0 saturated carbocycles. The predicted molar refractivity (Wildman–Crippen MR) is 108 cm³/mol. The van der Waals surface area contributed by atoms with E-state index in [2.05, 4.69) is 29.2 Å². The molecule has 1 fully saturated rings. The van der Waals surface area contributed by atoms with E-state index in [9.17, 15) is 9.59 Å². The quantitative estimate of drug-likeness (QED) is 0.798. The van der Waals surface area contributed by atoms with Crippen molar-refractivity contribution in [1.82, 2.24) is 9.80 Å². The second kappa shape index (κ2) is 9.37. The van der Waals surface area contributed by atoms with E-state index in [-0.39, 0.29) is 18.6 Å². The van der Waals surface area contributed by atoms with Crippen molar-refractivity contribution in [2.45, 2.75) is 25.4 Å². The van der Waals surface area contributed by atoms with Crippen molar-refractivity contribution in [3.05, 3.63) is 65.7 Å². The lowest BCUT2D eigenvalue weighted by atomic mass is 10.0. The average molecular weight is 381 g/mol. The molecule has 2 aromatic rings. The number of piperidine rings is 1. The van der Waals surface area contributed by atoms with Crippen LogP contribution in [0, 0.1) is 0 Å². The van der Waals surface area contributed by atoms with Gasteiger partial charge in [-0.25, -0.2) is 0 Å². The van der Waals surface area contributed by atoms with Gasteiger partial charge in [0.15, 0.2) is 6.61 Å². The SMILES string of the molecule is CN(C(=O)c1ccccc1OCC(N)=O)C1CCCN(Cc2ccccc2)C1. The van der Waals surface area contributed by atoms with E-state index in [1.807, 2.05) is 13.1 Å². The highest BCUT2D eigenvalue weighted by atomic mass is 16.5. The Balaban J connectivity index is 1.67. The van der Waals surface area contributed by atoms with Crippen molar-refractivity contribution in [1.29, 1.82) is 0 Å². The van der Waals surface area contributed by atoms with Crippen LogP contribution in [-0.4, -0.2) is 54.4 Å². The molecule has 1 saturated heterocycles. The Kier molecular flexibility index (Phi) is 6.66. The molecule has 1 aliphatic rings. The average Bonchev–Trinajstić information content (AvgIpc) is 2.72. The summed E-state index contributed by atoms with van der Waals surface area (Å²) in [5.74, 6) is -0.291. The van der Waals surface area contributed by atoms with Gasteiger partial charge < -0.3 is 15.4 Å². The molecule has 0 aromatic heterocycles. The van der Waals surface area contributed by atoms with Gasteiger partial charge in [-0.15, -0.1) is 0 Å². The summed E-state index contributed by atoms with van der Waals surface area (Å²) < 4.78 is 5.42. The zero-order chi connectivity index (χ0) is 19.9. The monoisotopic (exact) mass is 381 g/mol. The molecule has 1 aliphatic heterocycles. The Labute approximate surface area is 165 Å². The number of likely N-dealkylation sites (tertiary alicyclic amines) is 1. The molecule has 1 unspecified atom stereocenters. The third kappa shape index (κ3) is 5.10. The van der Waals surface area contributed by atoms with Crippen LogP contribution in [0.5, 0.6) is 5.75 Å². The molecule has 6 heteroatoms. The van der Waals surface area contributed by atoms with Crippen molar-refractivity contribution in [3.63, 3.8) is 0 Å². The normalized spacial score (nSPS) is 17.1. The predicted octanol–water partition coefficient (Wildman–Crippen LogP) is 2.29. The lowest BCUT2D eigenvalue weighted by molar-refractivity contribution is -0.119. The zero-order valence-corrected chi connectivity index (χ0v) is 16.2. The summed E-state index contributed by atoms with van der Waals surface area (Å²) in [5, 5.41) is 0. The maximum atomic E-state index is 13.1. The number of amides is 2. The number of rotatable bonds is 7. The summed E-state index contributed by atoms with van der Waals surface area (Å²) in [6.45, 7) is 2.51. The van der Waals surface area contributed by atoms with Crippen LogP contribution in [0.1, 0.15) is 28.8 Å². The minimum Gasteiger partial charge on any atom is -0.483 e. The van der Waals surface area contributed by atoms with Crippen LogP contribution < -0.4 is 10.5 Å². The fourth-order valence-corrected chi connectivity index (χ4v) is 3.61. The van der Waals surface area contributed by atoms with Gasteiger partial charge in [-0.1, -0.05) is 42.5 Å². The van der Waals surface area contributed by atoms with E-state index in [1.165, 1.54) is 5.56 Å². The third-order valence-electron chi connectivity index (χ3n) is 5.09. The lowest BCUT2D eigenvalue weighted by Gasteiger charge is -2.37. The van der Waals surface area contributed by atoms with Crippen molar-refractivity contribution in [3.8, 4) is 5.75 Å². The van der Waals surface area contributed by atoms with Crippen LogP contribution in [0.25, 0.3) is 0 Å². The van der Waals surface area contributed by atoms with Crippen LogP contribution in [-0.2, 0) is 11.3 Å². The van der Waals surface area contributed by atoms with E-state index in [0.29, 0.717) is 11.3 Å². The minimum absolute atomic E-state index is 0.105. The highest BCUT2D eigenvalue weighted by Gasteiger charge is 2.28. The third-order valence-corrected chi connectivity index (χ3v) is 5.09. The summed E-state index contributed by atoms with van der Waals surface area (Å²) in [6.07, 6.45) is 2.02. The van der Waals surface area contributed by atoms with Gasteiger partial charge in [0.2, 0.25) is 0 Å². The number of nitrogens with two attached hydrogens (primary N) is 1. The first kappa shape index (κ1) is 19.9. The highest BCUT2D eigenvalue weighted by Crippen LogP contribution is 2.23. The molecule has 0 bridgehead atoms. The molecule has 1 heterocycles. The summed E-state index contributed by atoms with van der Waals surface area (Å²) in [6, 6.07) is 17.5. The number of ether oxygens (including phenoxy) is 1. The number of nitrogens with zero attached hydrogens (tertiary/aromatic N) is 2. The van der Waals surface area contributed by atoms with Crippen molar-refractivity contribution in [2.75, 3.05) is 26.7 Å². The van der Waals surface area contributed by atoms with Crippen LogP contribution in [0.4, 0.5) is 0 Å². The molecular formula is C22H27N3O3. The fraction of sp³-hybridized carbons (Fsp3) is 0.364. The molecule has 6 nitrogen and oxygen atoms in total. The first-order valence-electron chi connectivity index (χ1n) is 9.58. The maximum Gasteiger partial charge on any atom is 0.257 e. The molecule has 0 aliphatic carbocycles. The lowest BCUT2D eigenvalue weighted by Crippen LogP contribution is -2.48. The van der Waals surface area contributed by atoms with Gasteiger partial charge in [-0.05, 0) is 37.1 Å². The Hall–Kier alpha value is -2.86. The first-order chi connectivity index (χ1) is 13.5. The van der Waals surface area contributed by atoms with Crippen molar-refractivity contribution < 1.29 is 14.3 Å². The number of carbonyl (C=O) groups is 2. The molecule has 0 spiro atoms. The van der Waals surface area contributed by atoms with Crippen LogP contribution >= 0.6 is 0 Å². The van der Waals surface area contributed by atoms with Gasteiger partial charge >= 0.3 is 0 Å². The van der Waals surface area contributed by atoms with Crippen molar-refractivity contribution >= 4 is 11.8 Å². The number of para-hydroxylation sites is 1. The molecule has 2 amide bonds. The molecule has 2 N–H and O–H groups in total. The van der Waals surface area contributed by atoms with E-state index >= 15 is 0 Å². The number of carbonyl (C=O) groups excluding carboxylic acids is 2.